The number of carbonyl (C=O) groups is 2. The van der Waals surface area contributed by atoms with Gasteiger partial charge in [-0.3, -0.25) is 14.7 Å². The van der Waals surface area contributed by atoms with Crippen molar-refractivity contribution in [2.75, 3.05) is 12.4 Å². The van der Waals surface area contributed by atoms with Gasteiger partial charge in [-0.05, 0) is 30.7 Å². The van der Waals surface area contributed by atoms with Gasteiger partial charge < -0.3 is 15.4 Å². The monoisotopic (exact) mass is 368 g/mol. The smallest absolute Gasteiger partial charge is 0.247 e. The van der Waals surface area contributed by atoms with E-state index in [1.807, 2.05) is 0 Å². The van der Waals surface area contributed by atoms with Crippen molar-refractivity contribution in [3.8, 4) is 17.0 Å². The highest BCUT2D eigenvalue weighted by molar-refractivity contribution is 6.06. The number of hydrogen-bond acceptors (Lipinski definition) is 4. The van der Waals surface area contributed by atoms with Crippen LogP contribution < -0.4 is 15.4 Å². The number of methoxy groups -OCH3 is 1. The van der Waals surface area contributed by atoms with E-state index >= 15 is 0 Å². The molecule has 0 bridgehead atoms. The Labute approximate surface area is 153 Å². The Balaban J connectivity index is 1.75. The van der Waals surface area contributed by atoms with Crippen LogP contribution in [0.3, 0.4) is 0 Å². The van der Waals surface area contributed by atoms with Crippen molar-refractivity contribution in [2.45, 2.75) is 18.9 Å². The van der Waals surface area contributed by atoms with Crippen LogP contribution in [-0.2, 0) is 9.59 Å². The number of aromatic amines is 1. The van der Waals surface area contributed by atoms with Gasteiger partial charge in [-0.15, -0.1) is 0 Å². The first kappa shape index (κ1) is 17.0. The highest BCUT2D eigenvalue weighted by Gasteiger charge is 2.28. The number of carbonyl (C=O) groups excluding carboxylic acids is 2. The number of H-pyrrole nitrogens is 1. The summed E-state index contributed by atoms with van der Waals surface area (Å²) in [7, 11) is 1.49. The van der Waals surface area contributed by atoms with Crippen LogP contribution >= 0.6 is 0 Å². The number of ether oxygens (including phenoxy) is 1. The van der Waals surface area contributed by atoms with Gasteiger partial charge in [0.25, 0.3) is 0 Å². The van der Waals surface area contributed by atoms with Crippen molar-refractivity contribution < 1.29 is 18.7 Å². The molecule has 1 atom stereocenters. The number of rotatable bonds is 4. The van der Waals surface area contributed by atoms with E-state index in [0.29, 0.717) is 46.4 Å². The van der Waals surface area contributed by atoms with E-state index in [2.05, 4.69) is 20.8 Å². The molecular formula is C19H17FN4O3. The van der Waals surface area contributed by atoms with Gasteiger partial charge in [0, 0.05) is 12.0 Å². The Morgan fingerprint density at radius 3 is 2.89 bits per heavy atom. The molecule has 8 heteroatoms. The topological polar surface area (TPSA) is 96.1 Å². The fourth-order valence-electron chi connectivity index (χ4n) is 3.27. The molecule has 0 saturated carbocycles. The Morgan fingerprint density at radius 2 is 2.19 bits per heavy atom. The Kier molecular flexibility index (Phi) is 4.23. The minimum absolute atomic E-state index is 0.138. The summed E-state index contributed by atoms with van der Waals surface area (Å²) in [5.41, 5.74) is 2.26. The van der Waals surface area contributed by atoms with Crippen LogP contribution in [0.15, 0.2) is 36.4 Å². The van der Waals surface area contributed by atoms with Crippen molar-refractivity contribution in [3.05, 3.63) is 42.2 Å². The minimum Gasteiger partial charge on any atom is -0.494 e. The van der Waals surface area contributed by atoms with Crippen LogP contribution in [0.4, 0.5) is 10.1 Å². The van der Waals surface area contributed by atoms with E-state index < -0.39 is 6.04 Å². The predicted octanol–water partition coefficient (Wildman–Crippen LogP) is 2.59. The van der Waals surface area contributed by atoms with E-state index in [9.17, 15) is 14.0 Å². The van der Waals surface area contributed by atoms with Gasteiger partial charge in [0.15, 0.2) is 5.75 Å². The number of amides is 2. The number of benzene rings is 2. The molecule has 0 aliphatic carbocycles. The standard InChI is InChI=1S/C19H17FN4O3/c1-27-18-13(22-19(26)14-7-8-15(25)21-14)6-5-12-16(18)17(24-23-12)10-3-2-4-11(20)9-10/h2-6,9,14H,7-8H2,1H3,(H,21,25)(H,22,26)(H,23,24)/t14-/m1/s1. The second-order valence-electron chi connectivity index (χ2n) is 6.30. The number of nitrogens with zero attached hydrogens (tertiary/aromatic N) is 1. The normalized spacial score (nSPS) is 16.4. The van der Waals surface area contributed by atoms with Crippen LogP contribution in [0.5, 0.6) is 5.75 Å². The molecule has 2 heterocycles. The number of fused-ring (bicyclic) bond motifs is 1. The third kappa shape index (κ3) is 3.10. The number of anilines is 1. The summed E-state index contributed by atoms with van der Waals surface area (Å²) in [5, 5.41) is 13.3. The first-order valence-electron chi connectivity index (χ1n) is 8.48. The summed E-state index contributed by atoms with van der Waals surface area (Å²) in [5.74, 6) is -0.405. The molecule has 1 aliphatic rings. The van der Waals surface area contributed by atoms with Crippen LogP contribution in [0.25, 0.3) is 22.2 Å². The number of hydrogen-bond donors (Lipinski definition) is 3. The average Bonchev–Trinajstić information content (AvgIpc) is 3.28. The molecule has 0 unspecified atom stereocenters. The Bertz CT molecular complexity index is 1050. The molecule has 138 valence electrons. The molecule has 1 aromatic heterocycles. The fourth-order valence-corrected chi connectivity index (χ4v) is 3.27. The van der Waals surface area contributed by atoms with Crippen molar-refractivity contribution in [1.29, 1.82) is 0 Å². The molecule has 1 fully saturated rings. The van der Waals surface area contributed by atoms with Crippen LogP contribution in [-0.4, -0.2) is 35.2 Å². The quantitative estimate of drug-likeness (QED) is 0.660. The SMILES string of the molecule is COc1c(NC(=O)[C@H]2CCC(=O)N2)ccc2[nH]nc(-c3cccc(F)c3)c12. The maximum Gasteiger partial charge on any atom is 0.247 e. The molecule has 1 saturated heterocycles. The Morgan fingerprint density at radius 1 is 1.33 bits per heavy atom. The number of halogens is 1. The summed E-state index contributed by atoms with van der Waals surface area (Å²) >= 11 is 0. The summed E-state index contributed by atoms with van der Waals surface area (Å²) in [6, 6.07) is 8.99. The second kappa shape index (κ2) is 6.71. The first-order valence-corrected chi connectivity index (χ1v) is 8.48. The number of nitrogens with one attached hydrogen (secondary N) is 3. The van der Waals surface area contributed by atoms with Gasteiger partial charge in [-0.25, -0.2) is 4.39 Å². The highest BCUT2D eigenvalue weighted by Crippen LogP contribution is 2.39. The molecular weight excluding hydrogens is 351 g/mol. The summed E-state index contributed by atoms with van der Waals surface area (Å²) in [6.45, 7) is 0. The van der Waals surface area contributed by atoms with Crippen molar-refractivity contribution >= 4 is 28.4 Å². The van der Waals surface area contributed by atoms with Gasteiger partial charge in [0.2, 0.25) is 11.8 Å². The maximum atomic E-state index is 13.6. The molecule has 3 aromatic rings. The van der Waals surface area contributed by atoms with Crippen LogP contribution in [0.2, 0.25) is 0 Å². The lowest BCUT2D eigenvalue weighted by Crippen LogP contribution is -2.37. The lowest BCUT2D eigenvalue weighted by atomic mass is 10.1. The predicted molar refractivity (Wildman–Crippen MR) is 97.8 cm³/mol. The zero-order valence-electron chi connectivity index (χ0n) is 14.5. The molecule has 2 amide bonds. The fraction of sp³-hybridized carbons (Fsp3) is 0.211. The third-order valence-corrected chi connectivity index (χ3v) is 4.55. The molecule has 3 N–H and O–H groups in total. The zero-order valence-corrected chi connectivity index (χ0v) is 14.5. The van der Waals surface area contributed by atoms with Gasteiger partial charge >= 0.3 is 0 Å². The number of aromatic nitrogens is 2. The second-order valence-corrected chi connectivity index (χ2v) is 6.30. The third-order valence-electron chi connectivity index (χ3n) is 4.55. The van der Waals surface area contributed by atoms with Crippen LogP contribution in [0, 0.1) is 5.82 Å². The van der Waals surface area contributed by atoms with Gasteiger partial charge in [0.05, 0.1) is 23.7 Å². The van der Waals surface area contributed by atoms with E-state index in [1.165, 1.54) is 19.2 Å². The summed E-state index contributed by atoms with van der Waals surface area (Å²) < 4.78 is 19.2. The molecule has 1 aliphatic heterocycles. The van der Waals surface area contributed by atoms with Gasteiger partial charge in [0.1, 0.15) is 17.6 Å². The highest BCUT2D eigenvalue weighted by atomic mass is 19.1. The van der Waals surface area contributed by atoms with Gasteiger partial charge in [-0.2, -0.15) is 5.10 Å². The van der Waals surface area contributed by atoms with Crippen molar-refractivity contribution in [1.82, 2.24) is 15.5 Å². The van der Waals surface area contributed by atoms with Crippen molar-refractivity contribution in [2.24, 2.45) is 0 Å². The molecule has 7 nitrogen and oxygen atoms in total. The average molecular weight is 368 g/mol. The van der Waals surface area contributed by atoms with E-state index in [1.54, 1.807) is 24.3 Å². The van der Waals surface area contributed by atoms with E-state index in [4.69, 9.17) is 4.74 Å². The maximum absolute atomic E-state index is 13.6. The molecule has 0 spiro atoms. The molecule has 4 rings (SSSR count). The summed E-state index contributed by atoms with van der Waals surface area (Å²) in [6.07, 6.45) is 0.787. The summed E-state index contributed by atoms with van der Waals surface area (Å²) in [4.78, 5) is 23.8. The molecule has 2 aromatic carbocycles. The zero-order chi connectivity index (χ0) is 19.0. The molecule has 27 heavy (non-hydrogen) atoms. The first-order chi connectivity index (χ1) is 13.1. The molecule has 0 radical (unpaired) electrons. The largest absolute Gasteiger partial charge is 0.494 e. The minimum atomic E-state index is -0.565. The Hall–Kier alpha value is -3.42. The van der Waals surface area contributed by atoms with Crippen LogP contribution in [0.1, 0.15) is 12.8 Å². The van der Waals surface area contributed by atoms with Gasteiger partial charge in [-0.1, -0.05) is 12.1 Å². The van der Waals surface area contributed by atoms with E-state index in [0.717, 1.165) is 0 Å². The van der Waals surface area contributed by atoms with E-state index in [-0.39, 0.29) is 17.6 Å². The van der Waals surface area contributed by atoms with Crippen molar-refractivity contribution in [3.63, 3.8) is 0 Å². The lowest BCUT2D eigenvalue weighted by molar-refractivity contribution is -0.122. The lowest BCUT2D eigenvalue weighted by Gasteiger charge is -2.14.